The number of hydrogen-bond donors (Lipinski definition) is 5. The normalized spacial score (nSPS) is 28.8. The van der Waals surface area contributed by atoms with Crippen LogP contribution in [0.5, 0.6) is 0 Å². The lowest BCUT2D eigenvalue weighted by Crippen LogP contribution is -2.65. The summed E-state index contributed by atoms with van der Waals surface area (Å²) in [6, 6.07) is -0.118. The van der Waals surface area contributed by atoms with E-state index in [0.29, 0.717) is 18.9 Å². The maximum Gasteiger partial charge on any atom is 0.417 e. The summed E-state index contributed by atoms with van der Waals surface area (Å²) in [6.45, 7) is 0. The van der Waals surface area contributed by atoms with Crippen LogP contribution in [0.3, 0.4) is 0 Å². The van der Waals surface area contributed by atoms with Gasteiger partial charge >= 0.3 is 6.18 Å². The first-order valence-electron chi connectivity index (χ1n) is 15.8. The first-order valence-corrected chi connectivity index (χ1v) is 15.8. The fourth-order valence-corrected chi connectivity index (χ4v) is 7.07. The summed E-state index contributed by atoms with van der Waals surface area (Å²) in [7, 11) is 0. The minimum absolute atomic E-state index is 0.162. The number of rotatable bonds is 6. The molecule has 248 valence electrons. The summed E-state index contributed by atoms with van der Waals surface area (Å²) in [5, 5.41) is 15.0. The Balaban J connectivity index is 1.26. The number of carbonyl (C=O) groups excluding carboxylic acids is 2. The molecule has 2 heterocycles. The molecule has 2 amide bonds. The van der Waals surface area contributed by atoms with Gasteiger partial charge in [0.25, 0.3) is 5.91 Å². The summed E-state index contributed by atoms with van der Waals surface area (Å²) in [4.78, 5) is 30.8. The Morgan fingerprint density at radius 1 is 0.933 bits per heavy atom. The van der Waals surface area contributed by atoms with Crippen molar-refractivity contribution in [1.29, 1.82) is 0 Å². The van der Waals surface area contributed by atoms with E-state index in [1.165, 1.54) is 25.7 Å². The average Bonchev–Trinajstić information content (AvgIpc) is 3.59. The predicted molar refractivity (Wildman–Crippen MR) is 156 cm³/mol. The van der Waals surface area contributed by atoms with Crippen LogP contribution >= 0.6 is 0 Å². The first kappa shape index (κ1) is 33.3. The Kier molecular flexibility index (Phi) is 10.1. The number of nitrogens with zero attached hydrogens (tertiary/aromatic N) is 2. The molecule has 1 aromatic heterocycles. The summed E-state index contributed by atoms with van der Waals surface area (Å²) < 4.78 is 70.1. The van der Waals surface area contributed by atoms with Gasteiger partial charge in [-0.15, -0.1) is 0 Å². The van der Waals surface area contributed by atoms with Crippen LogP contribution in [0, 0.1) is 17.6 Å². The third-order valence-corrected chi connectivity index (χ3v) is 9.83. The molecule has 45 heavy (non-hydrogen) atoms. The summed E-state index contributed by atoms with van der Waals surface area (Å²) >= 11 is 0. The van der Waals surface area contributed by atoms with Crippen molar-refractivity contribution in [1.82, 2.24) is 25.7 Å². The molecule has 3 aliphatic rings. The second kappa shape index (κ2) is 13.7. The molecule has 5 N–H and O–H groups in total. The van der Waals surface area contributed by atoms with Crippen molar-refractivity contribution in [2.75, 3.05) is 5.32 Å². The number of nitrogens with one attached hydrogen (secondary N) is 4. The smallest absolute Gasteiger partial charge is 0.380 e. The molecule has 1 saturated heterocycles. The van der Waals surface area contributed by atoms with E-state index in [-0.39, 0.29) is 30.0 Å². The Labute approximate surface area is 258 Å². The molecule has 1 aromatic carbocycles. The highest BCUT2D eigenvalue weighted by Gasteiger charge is 2.54. The zero-order valence-electron chi connectivity index (χ0n) is 25.1. The lowest BCUT2D eigenvalue weighted by Gasteiger charge is -2.47. The molecular weight excluding hydrogens is 599 g/mol. The van der Waals surface area contributed by atoms with E-state index in [2.05, 4.69) is 31.0 Å². The summed E-state index contributed by atoms with van der Waals surface area (Å²) in [6.07, 6.45) is 9.12. The summed E-state index contributed by atoms with van der Waals surface area (Å²) in [5.41, 5.74) is 2.59. The molecule has 5 rings (SSSR count). The lowest BCUT2D eigenvalue weighted by atomic mass is 9.79. The first-order chi connectivity index (χ1) is 21.4. The Bertz CT molecular complexity index is 1310. The van der Waals surface area contributed by atoms with Crippen LogP contribution in [0.15, 0.2) is 30.9 Å². The van der Waals surface area contributed by atoms with Gasteiger partial charge in [0.15, 0.2) is 17.2 Å². The molecule has 9 nitrogen and oxygen atoms in total. The van der Waals surface area contributed by atoms with Gasteiger partial charge < -0.3 is 20.3 Å². The Morgan fingerprint density at radius 2 is 1.58 bits per heavy atom. The molecule has 0 bridgehead atoms. The maximum atomic E-state index is 14.3. The lowest BCUT2D eigenvalue weighted by molar-refractivity contribution is -0.270. The SMILES string of the molecule is O=C(NC1CCC(O)(C(F)(F)F)CC1)c1cc(F)c(F)cc1NC(=O)C1CCC(C2CCCCCCCC2)(n2ccnc2)NN1. The number of carbonyl (C=O) groups is 2. The van der Waals surface area contributed by atoms with Crippen LogP contribution in [0.4, 0.5) is 27.6 Å². The number of benzene rings is 1. The van der Waals surface area contributed by atoms with Crippen LogP contribution in [0.2, 0.25) is 0 Å². The van der Waals surface area contributed by atoms with Gasteiger partial charge in [0.05, 0.1) is 17.6 Å². The summed E-state index contributed by atoms with van der Waals surface area (Å²) in [5.74, 6) is -3.74. The Hall–Kier alpha value is -3.10. The second-order valence-electron chi connectivity index (χ2n) is 12.7. The number of halogens is 5. The molecule has 0 spiro atoms. The largest absolute Gasteiger partial charge is 0.417 e. The minimum atomic E-state index is -4.80. The van der Waals surface area contributed by atoms with Crippen LogP contribution in [-0.2, 0) is 10.5 Å². The highest BCUT2D eigenvalue weighted by Crippen LogP contribution is 2.42. The van der Waals surface area contributed by atoms with Gasteiger partial charge in [-0.25, -0.2) is 24.6 Å². The third-order valence-electron chi connectivity index (χ3n) is 9.83. The van der Waals surface area contributed by atoms with Crippen molar-refractivity contribution in [3.8, 4) is 0 Å². The average molecular weight is 641 g/mol. The fraction of sp³-hybridized carbons (Fsp3) is 0.645. The molecule has 0 radical (unpaired) electrons. The van der Waals surface area contributed by atoms with Crippen LogP contribution in [0.1, 0.15) is 100 Å². The number of alkyl halides is 3. The van der Waals surface area contributed by atoms with Crippen molar-refractivity contribution in [3.05, 3.63) is 48.1 Å². The van der Waals surface area contributed by atoms with Crippen molar-refractivity contribution in [2.45, 2.75) is 119 Å². The number of hydrogen-bond acceptors (Lipinski definition) is 6. The van der Waals surface area contributed by atoms with Crippen molar-refractivity contribution in [3.63, 3.8) is 0 Å². The number of aliphatic hydroxyl groups is 1. The molecule has 2 saturated carbocycles. The maximum absolute atomic E-state index is 14.3. The Morgan fingerprint density at radius 3 is 2.16 bits per heavy atom. The molecule has 2 aromatic rings. The number of anilines is 1. The zero-order chi connectivity index (χ0) is 32.2. The van der Waals surface area contributed by atoms with E-state index < -0.39 is 65.8 Å². The third kappa shape index (κ3) is 7.33. The van der Waals surface area contributed by atoms with Gasteiger partial charge in [-0.3, -0.25) is 9.59 Å². The van der Waals surface area contributed by atoms with Gasteiger partial charge in [0.1, 0.15) is 11.7 Å². The molecule has 14 heteroatoms. The monoisotopic (exact) mass is 640 g/mol. The van der Waals surface area contributed by atoms with E-state index in [1.54, 1.807) is 12.5 Å². The number of hydrazine groups is 1. The van der Waals surface area contributed by atoms with Crippen molar-refractivity contribution >= 4 is 17.5 Å². The van der Waals surface area contributed by atoms with E-state index in [9.17, 15) is 36.6 Å². The topological polar surface area (TPSA) is 120 Å². The number of imidazole rings is 1. The van der Waals surface area contributed by atoms with Crippen LogP contribution in [-0.4, -0.2) is 50.3 Å². The van der Waals surface area contributed by atoms with Crippen molar-refractivity contribution in [2.24, 2.45) is 5.92 Å². The highest BCUT2D eigenvalue weighted by atomic mass is 19.4. The van der Waals surface area contributed by atoms with E-state index in [1.807, 2.05) is 6.20 Å². The van der Waals surface area contributed by atoms with Gasteiger partial charge in [-0.2, -0.15) is 13.2 Å². The predicted octanol–water partition coefficient (Wildman–Crippen LogP) is 5.43. The molecule has 1 aliphatic heterocycles. The standard InChI is InChI=1S/C31H41F5N6O3/c32-23-17-22(27(43)38-21-9-12-29(45,13-10-21)31(34,35)36)26(18-24(23)33)39-28(44)25-11-14-30(41-40-25,42-16-15-37-19-42)20-7-5-3-1-2-4-6-8-20/h15-21,25,40-41,45H,1-14H2,(H,38,43)(H,39,44). The highest BCUT2D eigenvalue weighted by molar-refractivity contribution is 6.05. The number of amides is 2. The van der Waals surface area contributed by atoms with Gasteiger partial charge in [0.2, 0.25) is 5.91 Å². The molecule has 2 aliphatic carbocycles. The molecule has 2 atom stereocenters. The fourth-order valence-electron chi connectivity index (χ4n) is 7.07. The van der Waals surface area contributed by atoms with Gasteiger partial charge in [-0.1, -0.05) is 38.5 Å². The van der Waals surface area contributed by atoms with E-state index in [0.717, 1.165) is 31.7 Å². The zero-order valence-corrected chi connectivity index (χ0v) is 25.1. The molecular formula is C31H41F5N6O3. The molecule has 3 fully saturated rings. The second-order valence-corrected chi connectivity index (χ2v) is 12.7. The van der Waals surface area contributed by atoms with Crippen LogP contribution < -0.4 is 21.5 Å². The van der Waals surface area contributed by atoms with E-state index >= 15 is 0 Å². The van der Waals surface area contributed by atoms with Crippen LogP contribution in [0.25, 0.3) is 0 Å². The van der Waals surface area contributed by atoms with Gasteiger partial charge in [0, 0.05) is 24.5 Å². The molecule has 2 unspecified atom stereocenters. The minimum Gasteiger partial charge on any atom is -0.380 e. The van der Waals surface area contributed by atoms with Gasteiger partial charge in [-0.05, 0) is 63.4 Å². The number of aromatic nitrogens is 2. The quantitative estimate of drug-likeness (QED) is 0.269. The van der Waals surface area contributed by atoms with Crippen molar-refractivity contribution < 1.29 is 36.6 Å². The van der Waals surface area contributed by atoms with E-state index in [4.69, 9.17) is 0 Å².